The zero-order valence-corrected chi connectivity index (χ0v) is 16.8. The molecule has 144 valence electrons. The molecule has 27 heavy (non-hydrogen) atoms. The maximum absolute atomic E-state index is 12.7. The third-order valence-corrected chi connectivity index (χ3v) is 6.03. The number of rotatable bonds is 6. The van der Waals surface area contributed by atoms with Gasteiger partial charge in [-0.1, -0.05) is 25.1 Å². The van der Waals surface area contributed by atoms with Crippen molar-refractivity contribution in [2.75, 3.05) is 12.4 Å². The molecule has 0 unspecified atom stereocenters. The van der Waals surface area contributed by atoms with Crippen LogP contribution in [0.2, 0.25) is 0 Å². The van der Waals surface area contributed by atoms with Crippen molar-refractivity contribution in [3.05, 3.63) is 45.8 Å². The van der Waals surface area contributed by atoms with Gasteiger partial charge in [0.05, 0.1) is 12.7 Å². The molecule has 5 nitrogen and oxygen atoms in total. The lowest BCUT2D eigenvalue weighted by Crippen LogP contribution is -2.30. The van der Waals surface area contributed by atoms with Gasteiger partial charge in [0.15, 0.2) is 6.10 Å². The Hall–Kier alpha value is -2.34. The summed E-state index contributed by atoms with van der Waals surface area (Å²) < 4.78 is 10.8. The quantitative estimate of drug-likeness (QED) is 0.747. The minimum Gasteiger partial charge on any atom is -0.481 e. The highest BCUT2D eigenvalue weighted by molar-refractivity contribution is 7.17. The average Bonchev–Trinajstić information content (AvgIpc) is 3.05. The fourth-order valence-electron chi connectivity index (χ4n) is 3.34. The number of nitrogens with one attached hydrogen (secondary N) is 1. The monoisotopic (exact) mass is 387 g/mol. The van der Waals surface area contributed by atoms with Gasteiger partial charge in [0.2, 0.25) is 0 Å². The molecule has 1 aliphatic rings. The number of thiophene rings is 1. The Morgan fingerprint density at radius 2 is 1.96 bits per heavy atom. The molecule has 0 aliphatic heterocycles. The summed E-state index contributed by atoms with van der Waals surface area (Å²) in [5.74, 6) is 0.0422. The summed E-state index contributed by atoms with van der Waals surface area (Å²) >= 11 is 1.48. The zero-order valence-electron chi connectivity index (χ0n) is 16.0. The van der Waals surface area contributed by atoms with Gasteiger partial charge in [0.25, 0.3) is 5.91 Å². The van der Waals surface area contributed by atoms with Crippen molar-refractivity contribution >= 4 is 28.2 Å². The minimum absolute atomic E-state index is 0.273. The molecule has 0 saturated carbocycles. The van der Waals surface area contributed by atoms with Crippen LogP contribution in [0.3, 0.4) is 0 Å². The summed E-state index contributed by atoms with van der Waals surface area (Å²) in [6.07, 6.45) is 4.10. The van der Waals surface area contributed by atoms with Crippen molar-refractivity contribution in [3.8, 4) is 5.75 Å². The van der Waals surface area contributed by atoms with Gasteiger partial charge in [-0.25, -0.2) is 4.79 Å². The Labute approximate surface area is 163 Å². The number of hydrogen-bond acceptors (Lipinski definition) is 5. The van der Waals surface area contributed by atoms with E-state index in [9.17, 15) is 9.59 Å². The van der Waals surface area contributed by atoms with Gasteiger partial charge in [0, 0.05) is 4.88 Å². The number of para-hydroxylation sites is 1. The van der Waals surface area contributed by atoms with Crippen LogP contribution in [-0.4, -0.2) is 25.1 Å². The lowest BCUT2D eigenvalue weighted by molar-refractivity contribution is -0.122. The van der Waals surface area contributed by atoms with Crippen LogP contribution < -0.4 is 10.1 Å². The molecule has 1 aromatic heterocycles. The van der Waals surface area contributed by atoms with Crippen LogP contribution in [0.4, 0.5) is 5.00 Å². The van der Waals surface area contributed by atoms with Crippen molar-refractivity contribution in [1.82, 2.24) is 0 Å². The number of esters is 1. The van der Waals surface area contributed by atoms with Gasteiger partial charge < -0.3 is 14.8 Å². The summed E-state index contributed by atoms with van der Waals surface area (Å²) in [4.78, 5) is 26.2. The summed E-state index contributed by atoms with van der Waals surface area (Å²) in [7, 11) is 1.37. The third-order valence-electron chi connectivity index (χ3n) is 4.82. The molecule has 1 aromatic carbocycles. The predicted molar refractivity (Wildman–Crippen MR) is 107 cm³/mol. The van der Waals surface area contributed by atoms with Crippen LogP contribution in [0, 0.1) is 0 Å². The van der Waals surface area contributed by atoms with E-state index >= 15 is 0 Å². The highest BCUT2D eigenvalue weighted by Gasteiger charge is 2.28. The number of fused-ring (bicyclic) bond motifs is 1. The Morgan fingerprint density at radius 1 is 1.22 bits per heavy atom. The molecule has 0 bridgehead atoms. The van der Waals surface area contributed by atoms with Gasteiger partial charge in [-0.3, -0.25) is 4.79 Å². The van der Waals surface area contributed by atoms with E-state index in [1.54, 1.807) is 6.92 Å². The van der Waals surface area contributed by atoms with Crippen LogP contribution in [0.15, 0.2) is 24.3 Å². The van der Waals surface area contributed by atoms with Crippen LogP contribution in [0.1, 0.15) is 53.1 Å². The molecule has 0 saturated heterocycles. The van der Waals surface area contributed by atoms with E-state index < -0.39 is 12.1 Å². The lowest BCUT2D eigenvalue weighted by atomic mass is 9.95. The topological polar surface area (TPSA) is 64.6 Å². The van der Waals surface area contributed by atoms with E-state index in [1.807, 2.05) is 31.2 Å². The lowest BCUT2D eigenvalue weighted by Gasteiger charge is -2.17. The van der Waals surface area contributed by atoms with Crippen LogP contribution in [0.25, 0.3) is 0 Å². The molecule has 1 heterocycles. The van der Waals surface area contributed by atoms with Gasteiger partial charge in [-0.2, -0.15) is 0 Å². The minimum atomic E-state index is -0.678. The van der Waals surface area contributed by atoms with Crippen molar-refractivity contribution in [2.24, 2.45) is 0 Å². The number of amides is 1. The smallest absolute Gasteiger partial charge is 0.341 e. The average molecular weight is 388 g/mol. The van der Waals surface area contributed by atoms with E-state index in [1.165, 1.54) is 23.3 Å². The highest BCUT2D eigenvalue weighted by atomic mass is 32.1. The van der Waals surface area contributed by atoms with Crippen molar-refractivity contribution in [3.63, 3.8) is 0 Å². The summed E-state index contributed by atoms with van der Waals surface area (Å²) in [6.45, 7) is 3.76. The predicted octanol–water partition coefficient (Wildman–Crippen LogP) is 4.38. The molecular formula is C21H25NO4S. The van der Waals surface area contributed by atoms with E-state index in [4.69, 9.17) is 9.47 Å². The fourth-order valence-corrected chi connectivity index (χ4v) is 4.62. The normalized spacial score (nSPS) is 14.2. The number of aryl methyl sites for hydroxylation is 2. The first-order valence-electron chi connectivity index (χ1n) is 9.33. The largest absolute Gasteiger partial charge is 0.481 e. The molecule has 0 radical (unpaired) electrons. The number of carbonyl (C=O) groups excluding carboxylic acids is 2. The van der Waals surface area contributed by atoms with Crippen molar-refractivity contribution in [2.45, 2.75) is 52.1 Å². The molecule has 6 heteroatoms. The first-order chi connectivity index (χ1) is 13.0. The summed E-state index contributed by atoms with van der Waals surface area (Å²) in [6, 6.07) is 7.70. The van der Waals surface area contributed by atoms with Crippen molar-refractivity contribution in [1.29, 1.82) is 0 Å². The number of methoxy groups -OCH3 is 1. The van der Waals surface area contributed by atoms with Gasteiger partial charge in [0.1, 0.15) is 10.8 Å². The van der Waals surface area contributed by atoms with Crippen LogP contribution in [0.5, 0.6) is 5.75 Å². The Morgan fingerprint density at radius 3 is 2.70 bits per heavy atom. The van der Waals surface area contributed by atoms with Gasteiger partial charge in [-0.15, -0.1) is 11.3 Å². The maximum Gasteiger partial charge on any atom is 0.341 e. The molecule has 0 fully saturated rings. The van der Waals surface area contributed by atoms with E-state index in [0.29, 0.717) is 16.3 Å². The molecule has 1 atom stereocenters. The second-order valence-corrected chi connectivity index (χ2v) is 7.72. The Kier molecular flexibility index (Phi) is 6.16. The number of anilines is 1. The maximum atomic E-state index is 12.7. The summed E-state index contributed by atoms with van der Waals surface area (Å²) in [5.41, 5.74) is 2.59. The van der Waals surface area contributed by atoms with E-state index in [2.05, 4.69) is 5.32 Å². The molecule has 2 aromatic rings. The summed E-state index contributed by atoms with van der Waals surface area (Å²) in [5, 5.41) is 3.46. The van der Waals surface area contributed by atoms with Crippen LogP contribution >= 0.6 is 11.3 Å². The fraction of sp³-hybridized carbons (Fsp3) is 0.429. The molecule has 1 N–H and O–H groups in total. The highest BCUT2D eigenvalue weighted by Crippen LogP contribution is 2.38. The van der Waals surface area contributed by atoms with E-state index in [-0.39, 0.29) is 5.91 Å². The number of carbonyl (C=O) groups is 2. The Balaban J connectivity index is 1.79. The van der Waals surface area contributed by atoms with Gasteiger partial charge >= 0.3 is 5.97 Å². The standard InChI is InChI=1S/C21H25NO4S/c1-4-14-9-5-7-11-16(14)26-13(2)19(23)22-20-18(21(24)25-3)15-10-6-8-12-17(15)27-20/h5,7,9,11,13H,4,6,8,10,12H2,1-3H3,(H,22,23)/t13-/m1/s1. The molecule has 0 spiro atoms. The second-order valence-electron chi connectivity index (χ2n) is 6.62. The third kappa shape index (κ3) is 4.16. The number of ether oxygens (including phenoxy) is 2. The second kappa shape index (κ2) is 8.57. The number of hydrogen-bond donors (Lipinski definition) is 1. The molecule has 1 aliphatic carbocycles. The SMILES string of the molecule is CCc1ccccc1O[C@H](C)C(=O)Nc1sc2c(c1C(=O)OC)CCCC2. The Bertz CT molecular complexity index is 843. The number of benzene rings is 1. The molecule has 3 rings (SSSR count). The molecular weight excluding hydrogens is 362 g/mol. The van der Waals surface area contributed by atoms with E-state index in [0.717, 1.165) is 43.2 Å². The molecule has 1 amide bonds. The first-order valence-corrected chi connectivity index (χ1v) is 10.1. The van der Waals surface area contributed by atoms with Crippen molar-refractivity contribution < 1.29 is 19.1 Å². The zero-order chi connectivity index (χ0) is 19.4. The van der Waals surface area contributed by atoms with Gasteiger partial charge in [-0.05, 0) is 56.2 Å². The first kappa shape index (κ1) is 19.4. The van der Waals surface area contributed by atoms with Crippen LogP contribution in [-0.2, 0) is 28.8 Å².